The number of amides is 1. The molecule has 3 fully saturated rings. The van der Waals surface area contributed by atoms with Crippen molar-refractivity contribution in [2.45, 2.75) is 51.2 Å². The Morgan fingerprint density at radius 1 is 1.12 bits per heavy atom. The van der Waals surface area contributed by atoms with E-state index in [1.165, 1.54) is 19.3 Å². The Morgan fingerprint density at radius 3 is 2.38 bits per heavy atom. The monoisotopic (exact) mass is 223 g/mol. The highest BCUT2D eigenvalue weighted by atomic mass is 16.5. The van der Waals surface area contributed by atoms with E-state index in [0.717, 1.165) is 37.8 Å². The van der Waals surface area contributed by atoms with E-state index >= 15 is 0 Å². The highest BCUT2D eigenvalue weighted by Gasteiger charge is 2.41. The summed E-state index contributed by atoms with van der Waals surface area (Å²) in [4.78, 5) is 14.3. The molecule has 3 aliphatic rings. The van der Waals surface area contributed by atoms with Crippen LogP contribution in [0.5, 0.6) is 0 Å². The standard InChI is InChI=1S/C13H21NO2/c1-9-5-6-12(16-9)13(15)14-7-10-3-2-4-11(10)8-14/h9-12H,2-8H2,1H3/t9-,10-,11+,12-/m1/s1. The maximum Gasteiger partial charge on any atom is 0.251 e. The van der Waals surface area contributed by atoms with E-state index in [9.17, 15) is 4.79 Å². The van der Waals surface area contributed by atoms with Gasteiger partial charge in [0.25, 0.3) is 5.91 Å². The van der Waals surface area contributed by atoms with Crippen molar-refractivity contribution < 1.29 is 9.53 Å². The van der Waals surface area contributed by atoms with Crippen LogP contribution in [-0.2, 0) is 9.53 Å². The highest BCUT2D eigenvalue weighted by molar-refractivity contribution is 5.81. The van der Waals surface area contributed by atoms with E-state index in [0.29, 0.717) is 0 Å². The number of carbonyl (C=O) groups is 1. The molecule has 4 atom stereocenters. The Morgan fingerprint density at radius 2 is 1.81 bits per heavy atom. The fourth-order valence-corrected chi connectivity index (χ4v) is 3.60. The minimum Gasteiger partial charge on any atom is -0.365 e. The van der Waals surface area contributed by atoms with Gasteiger partial charge in [0.05, 0.1) is 6.10 Å². The first-order valence-electron chi connectivity index (χ1n) is 6.68. The van der Waals surface area contributed by atoms with Crippen LogP contribution in [0.2, 0.25) is 0 Å². The second-order valence-electron chi connectivity index (χ2n) is 5.71. The summed E-state index contributed by atoms with van der Waals surface area (Å²) in [5, 5.41) is 0. The van der Waals surface area contributed by atoms with Crippen LogP contribution in [-0.4, -0.2) is 36.1 Å². The largest absolute Gasteiger partial charge is 0.365 e. The first-order chi connectivity index (χ1) is 7.74. The lowest BCUT2D eigenvalue weighted by Gasteiger charge is -2.21. The van der Waals surface area contributed by atoms with Gasteiger partial charge in [-0.1, -0.05) is 6.42 Å². The molecule has 1 aliphatic carbocycles. The maximum absolute atomic E-state index is 12.2. The molecular weight excluding hydrogens is 202 g/mol. The molecule has 2 aliphatic heterocycles. The predicted octanol–water partition coefficient (Wildman–Crippen LogP) is 1.81. The summed E-state index contributed by atoms with van der Waals surface area (Å²) >= 11 is 0. The lowest BCUT2D eigenvalue weighted by molar-refractivity contribution is -0.141. The molecule has 0 aromatic rings. The number of carbonyl (C=O) groups excluding carboxylic acids is 1. The Kier molecular flexibility index (Phi) is 2.66. The van der Waals surface area contributed by atoms with E-state index in [2.05, 4.69) is 11.8 Å². The van der Waals surface area contributed by atoms with Crippen LogP contribution in [0.1, 0.15) is 39.0 Å². The van der Waals surface area contributed by atoms with Crippen molar-refractivity contribution in [3.63, 3.8) is 0 Å². The smallest absolute Gasteiger partial charge is 0.251 e. The third-order valence-electron chi connectivity index (χ3n) is 4.55. The first-order valence-corrected chi connectivity index (χ1v) is 6.68. The predicted molar refractivity (Wildman–Crippen MR) is 61.0 cm³/mol. The van der Waals surface area contributed by atoms with E-state index in [1.54, 1.807) is 0 Å². The van der Waals surface area contributed by atoms with Crippen molar-refractivity contribution in [3.8, 4) is 0 Å². The average Bonchev–Trinajstić information content (AvgIpc) is 2.89. The zero-order valence-electron chi connectivity index (χ0n) is 10.0. The summed E-state index contributed by atoms with van der Waals surface area (Å²) in [5.74, 6) is 1.85. The molecule has 2 saturated heterocycles. The van der Waals surface area contributed by atoms with E-state index < -0.39 is 0 Å². The lowest BCUT2D eigenvalue weighted by Crippen LogP contribution is -2.38. The van der Waals surface area contributed by atoms with Gasteiger partial charge in [-0.25, -0.2) is 0 Å². The number of fused-ring (bicyclic) bond motifs is 1. The molecule has 1 amide bonds. The van der Waals surface area contributed by atoms with Crippen LogP contribution in [0.3, 0.4) is 0 Å². The topological polar surface area (TPSA) is 29.5 Å². The Bertz CT molecular complexity index is 280. The number of nitrogens with zero attached hydrogens (tertiary/aromatic N) is 1. The van der Waals surface area contributed by atoms with Crippen LogP contribution < -0.4 is 0 Å². The summed E-state index contributed by atoms with van der Waals surface area (Å²) in [6, 6.07) is 0. The minimum absolute atomic E-state index is 0.131. The second-order valence-corrected chi connectivity index (χ2v) is 5.71. The molecule has 0 aromatic carbocycles. The molecule has 2 heterocycles. The second kappa shape index (κ2) is 4.02. The SMILES string of the molecule is C[C@@H]1CC[C@H](C(=O)N2C[C@H]3CCC[C@H]3C2)O1. The molecule has 3 heteroatoms. The number of ether oxygens (including phenoxy) is 1. The van der Waals surface area contributed by atoms with Crippen molar-refractivity contribution in [3.05, 3.63) is 0 Å². The van der Waals surface area contributed by atoms with Crippen molar-refractivity contribution in [1.29, 1.82) is 0 Å². The molecule has 0 spiro atoms. The number of rotatable bonds is 1. The van der Waals surface area contributed by atoms with Gasteiger partial charge >= 0.3 is 0 Å². The van der Waals surface area contributed by atoms with Gasteiger partial charge in [-0.2, -0.15) is 0 Å². The Hall–Kier alpha value is -0.570. The summed E-state index contributed by atoms with van der Waals surface area (Å²) in [5.41, 5.74) is 0. The van der Waals surface area contributed by atoms with Crippen molar-refractivity contribution in [1.82, 2.24) is 4.90 Å². The van der Waals surface area contributed by atoms with Crippen LogP contribution in [0.25, 0.3) is 0 Å². The van der Waals surface area contributed by atoms with Gasteiger partial charge in [-0.3, -0.25) is 4.79 Å². The molecule has 0 N–H and O–H groups in total. The maximum atomic E-state index is 12.2. The molecular formula is C13H21NO2. The van der Waals surface area contributed by atoms with Crippen molar-refractivity contribution in [2.75, 3.05) is 13.1 Å². The average molecular weight is 223 g/mol. The molecule has 0 aromatic heterocycles. The van der Waals surface area contributed by atoms with E-state index in [-0.39, 0.29) is 18.1 Å². The fraction of sp³-hybridized carbons (Fsp3) is 0.923. The van der Waals surface area contributed by atoms with E-state index in [1.807, 2.05) is 0 Å². The molecule has 3 nitrogen and oxygen atoms in total. The number of likely N-dealkylation sites (tertiary alicyclic amines) is 1. The van der Waals surface area contributed by atoms with Gasteiger partial charge in [0.1, 0.15) is 6.10 Å². The highest BCUT2D eigenvalue weighted by Crippen LogP contribution is 2.38. The van der Waals surface area contributed by atoms with Gasteiger partial charge in [-0.05, 0) is 44.4 Å². The third-order valence-corrected chi connectivity index (χ3v) is 4.55. The lowest BCUT2D eigenvalue weighted by atomic mass is 10.0. The summed E-state index contributed by atoms with van der Waals surface area (Å²) in [6.07, 6.45) is 6.13. The molecule has 1 saturated carbocycles. The van der Waals surface area contributed by atoms with Crippen LogP contribution in [0.15, 0.2) is 0 Å². The molecule has 16 heavy (non-hydrogen) atoms. The van der Waals surface area contributed by atoms with Gasteiger partial charge in [0, 0.05) is 13.1 Å². The normalized spacial score (nSPS) is 42.7. The van der Waals surface area contributed by atoms with Crippen LogP contribution >= 0.6 is 0 Å². The first kappa shape index (κ1) is 10.6. The van der Waals surface area contributed by atoms with Gasteiger partial charge in [0.2, 0.25) is 0 Å². The van der Waals surface area contributed by atoms with Crippen LogP contribution in [0, 0.1) is 11.8 Å². The van der Waals surface area contributed by atoms with Crippen LogP contribution in [0.4, 0.5) is 0 Å². The zero-order chi connectivity index (χ0) is 11.1. The summed E-state index contributed by atoms with van der Waals surface area (Å²) < 4.78 is 5.67. The third kappa shape index (κ3) is 1.75. The molecule has 3 rings (SSSR count). The Balaban J connectivity index is 1.60. The molecule has 0 bridgehead atoms. The summed E-state index contributed by atoms with van der Waals surface area (Å²) in [7, 11) is 0. The minimum atomic E-state index is -0.131. The fourth-order valence-electron chi connectivity index (χ4n) is 3.60. The van der Waals surface area contributed by atoms with Crippen molar-refractivity contribution >= 4 is 5.91 Å². The Labute approximate surface area is 97.1 Å². The van der Waals surface area contributed by atoms with Gasteiger partial charge < -0.3 is 9.64 Å². The molecule has 0 radical (unpaired) electrons. The van der Waals surface area contributed by atoms with E-state index in [4.69, 9.17) is 4.74 Å². The van der Waals surface area contributed by atoms with Gasteiger partial charge in [0.15, 0.2) is 0 Å². The number of hydrogen-bond donors (Lipinski definition) is 0. The zero-order valence-corrected chi connectivity index (χ0v) is 10.0. The molecule has 90 valence electrons. The quantitative estimate of drug-likeness (QED) is 0.678. The summed E-state index contributed by atoms with van der Waals surface area (Å²) in [6.45, 7) is 4.06. The number of hydrogen-bond acceptors (Lipinski definition) is 2. The molecule has 0 unspecified atom stereocenters. The van der Waals surface area contributed by atoms with Crippen molar-refractivity contribution in [2.24, 2.45) is 11.8 Å². The van der Waals surface area contributed by atoms with Gasteiger partial charge in [-0.15, -0.1) is 0 Å².